The standard InChI is InChI=1S/C20H23N3O4S/c1-13-3-6-17(11-14(13)2)28(26,27)21-10-9-20(25)22-16-5-7-18-15(12-16)4-8-19(24)23-18/h3,5-7,11-12,21H,4,8-10H2,1-2H3,(H,22,25)(H,23,24). The van der Waals surface area contributed by atoms with Crippen molar-refractivity contribution in [1.82, 2.24) is 4.72 Å². The summed E-state index contributed by atoms with van der Waals surface area (Å²) in [4.78, 5) is 23.7. The molecule has 0 spiro atoms. The molecule has 0 saturated heterocycles. The molecule has 1 aliphatic rings. The summed E-state index contributed by atoms with van der Waals surface area (Å²) in [5.74, 6) is -0.303. The van der Waals surface area contributed by atoms with E-state index in [0.29, 0.717) is 18.5 Å². The van der Waals surface area contributed by atoms with Crippen LogP contribution >= 0.6 is 0 Å². The monoisotopic (exact) mass is 401 g/mol. The van der Waals surface area contributed by atoms with Crippen molar-refractivity contribution < 1.29 is 18.0 Å². The Balaban J connectivity index is 1.54. The predicted octanol–water partition coefficient (Wildman–Crippen LogP) is 2.50. The topological polar surface area (TPSA) is 104 Å². The van der Waals surface area contributed by atoms with Crippen LogP contribution in [0.5, 0.6) is 0 Å². The lowest BCUT2D eigenvalue weighted by Crippen LogP contribution is -2.28. The SMILES string of the molecule is Cc1ccc(S(=O)(=O)NCCC(=O)Nc2ccc3c(c2)CCC(=O)N3)cc1C. The molecule has 1 aliphatic heterocycles. The first-order chi connectivity index (χ1) is 13.2. The van der Waals surface area contributed by atoms with Gasteiger partial charge in [-0.1, -0.05) is 6.07 Å². The summed E-state index contributed by atoms with van der Waals surface area (Å²) >= 11 is 0. The van der Waals surface area contributed by atoms with E-state index in [2.05, 4.69) is 15.4 Å². The quantitative estimate of drug-likeness (QED) is 0.692. The Labute approximate surface area is 164 Å². The van der Waals surface area contributed by atoms with Gasteiger partial charge in [-0.05, 0) is 67.3 Å². The van der Waals surface area contributed by atoms with Gasteiger partial charge in [-0.2, -0.15) is 0 Å². The molecular weight excluding hydrogens is 378 g/mol. The smallest absolute Gasteiger partial charge is 0.240 e. The number of carbonyl (C=O) groups excluding carboxylic acids is 2. The van der Waals surface area contributed by atoms with Crippen LogP contribution in [0, 0.1) is 13.8 Å². The molecule has 0 saturated carbocycles. The summed E-state index contributed by atoms with van der Waals surface area (Å²) in [7, 11) is -3.66. The molecule has 7 nitrogen and oxygen atoms in total. The Hall–Kier alpha value is -2.71. The van der Waals surface area contributed by atoms with Crippen molar-refractivity contribution in [2.45, 2.75) is 38.0 Å². The summed E-state index contributed by atoms with van der Waals surface area (Å²) in [6, 6.07) is 10.2. The van der Waals surface area contributed by atoms with Crippen LogP contribution in [-0.4, -0.2) is 26.8 Å². The average Bonchev–Trinajstić information content (AvgIpc) is 2.64. The molecule has 0 aromatic heterocycles. The molecule has 1 heterocycles. The normalized spacial score (nSPS) is 13.6. The minimum Gasteiger partial charge on any atom is -0.326 e. The molecule has 2 aromatic rings. The molecule has 0 aliphatic carbocycles. The van der Waals surface area contributed by atoms with Crippen LogP contribution in [-0.2, 0) is 26.0 Å². The summed E-state index contributed by atoms with van der Waals surface area (Å²) in [5.41, 5.74) is 4.26. The van der Waals surface area contributed by atoms with Crippen molar-refractivity contribution in [1.29, 1.82) is 0 Å². The van der Waals surface area contributed by atoms with Crippen molar-refractivity contribution in [3.05, 3.63) is 53.1 Å². The average molecular weight is 401 g/mol. The van der Waals surface area contributed by atoms with Gasteiger partial charge in [-0.15, -0.1) is 0 Å². The van der Waals surface area contributed by atoms with E-state index >= 15 is 0 Å². The highest BCUT2D eigenvalue weighted by Crippen LogP contribution is 2.25. The molecule has 3 rings (SSSR count). The van der Waals surface area contributed by atoms with Gasteiger partial charge in [-0.25, -0.2) is 13.1 Å². The fraction of sp³-hybridized carbons (Fsp3) is 0.300. The summed E-state index contributed by atoms with van der Waals surface area (Å²) in [6.07, 6.45) is 1.06. The Kier molecular flexibility index (Phi) is 5.81. The van der Waals surface area contributed by atoms with Crippen molar-refractivity contribution >= 4 is 33.2 Å². The van der Waals surface area contributed by atoms with Crippen LogP contribution in [0.4, 0.5) is 11.4 Å². The highest BCUT2D eigenvalue weighted by atomic mass is 32.2. The molecule has 0 bridgehead atoms. The van der Waals surface area contributed by atoms with Crippen LogP contribution in [0.3, 0.4) is 0 Å². The summed E-state index contributed by atoms with van der Waals surface area (Å²) < 4.78 is 27.1. The van der Waals surface area contributed by atoms with Crippen molar-refractivity contribution in [2.24, 2.45) is 0 Å². The lowest BCUT2D eigenvalue weighted by molar-refractivity contribution is -0.117. The van der Waals surface area contributed by atoms with E-state index in [0.717, 1.165) is 22.4 Å². The second kappa shape index (κ2) is 8.12. The van der Waals surface area contributed by atoms with Gasteiger partial charge in [0.25, 0.3) is 0 Å². The lowest BCUT2D eigenvalue weighted by Gasteiger charge is -2.17. The first kappa shape index (κ1) is 20.0. The van der Waals surface area contributed by atoms with Gasteiger partial charge < -0.3 is 10.6 Å². The fourth-order valence-electron chi connectivity index (χ4n) is 2.95. The molecule has 3 N–H and O–H groups in total. The third-order valence-corrected chi connectivity index (χ3v) is 6.18. The minimum absolute atomic E-state index is 0.00207. The van der Waals surface area contributed by atoms with E-state index in [9.17, 15) is 18.0 Å². The zero-order valence-electron chi connectivity index (χ0n) is 15.8. The number of fused-ring (bicyclic) bond motifs is 1. The minimum atomic E-state index is -3.66. The number of amides is 2. The number of benzene rings is 2. The molecule has 8 heteroatoms. The molecule has 2 amide bonds. The third-order valence-electron chi connectivity index (χ3n) is 4.72. The zero-order valence-corrected chi connectivity index (χ0v) is 16.7. The van der Waals surface area contributed by atoms with Gasteiger partial charge in [0, 0.05) is 30.8 Å². The Morgan fingerprint density at radius 3 is 2.61 bits per heavy atom. The first-order valence-electron chi connectivity index (χ1n) is 9.04. The van der Waals surface area contributed by atoms with Gasteiger partial charge >= 0.3 is 0 Å². The summed E-state index contributed by atoms with van der Waals surface area (Å²) in [5, 5.41) is 5.55. The van der Waals surface area contributed by atoms with Gasteiger partial charge in [0.2, 0.25) is 21.8 Å². The Bertz CT molecular complexity index is 1030. The zero-order chi connectivity index (χ0) is 20.3. The van der Waals surface area contributed by atoms with Crippen molar-refractivity contribution in [2.75, 3.05) is 17.2 Å². The number of hydrogen-bond donors (Lipinski definition) is 3. The Morgan fingerprint density at radius 2 is 1.86 bits per heavy atom. The van der Waals surface area contributed by atoms with Gasteiger partial charge in [0.1, 0.15) is 0 Å². The molecule has 2 aromatic carbocycles. The highest BCUT2D eigenvalue weighted by molar-refractivity contribution is 7.89. The van der Waals surface area contributed by atoms with E-state index in [4.69, 9.17) is 0 Å². The molecule has 28 heavy (non-hydrogen) atoms. The molecule has 0 unspecified atom stereocenters. The fourth-order valence-corrected chi connectivity index (χ4v) is 4.06. The lowest BCUT2D eigenvalue weighted by atomic mass is 10.0. The van der Waals surface area contributed by atoms with Crippen molar-refractivity contribution in [3.63, 3.8) is 0 Å². The molecule has 148 valence electrons. The number of carbonyl (C=O) groups is 2. The number of aryl methyl sites for hydroxylation is 3. The van der Waals surface area contributed by atoms with Crippen LogP contribution in [0.1, 0.15) is 29.5 Å². The van der Waals surface area contributed by atoms with E-state index < -0.39 is 10.0 Å². The molecular formula is C20H23N3O4S. The van der Waals surface area contributed by atoms with Crippen LogP contribution in [0.25, 0.3) is 0 Å². The van der Waals surface area contributed by atoms with E-state index in [1.807, 2.05) is 19.9 Å². The maximum atomic E-state index is 12.3. The second-order valence-electron chi connectivity index (χ2n) is 6.86. The van der Waals surface area contributed by atoms with Gasteiger partial charge in [-0.3, -0.25) is 9.59 Å². The number of anilines is 2. The summed E-state index contributed by atoms with van der Waals surface area (Å²) in [6.45, 7) is 3.77. The highest BCUT2D eigenvalue weighted by Gasteiger charge is 2.17. The largest absolute Gasteiger partial charge is 0.326 e. The number of nitrogens with one attached hydrogen (secondary N) is 3. The number of sulfonamides is 1. The number of hydrogen-bond acceptors (Lipinski definition) is 4. The van der Waals surface area contributed by atoms with E-state index in [1.54, 1.807) is 30.3 Å². The maximum Gasteiger partial charge on any atom is 0.240 e. The molecule has 0 atom stereocenters. The van der Waals surface area contributed by atoms with E-state index in [1.165, 1.54) is 0 Å². The first-order valence-corrected chi connectivity index (χ1v) is 10.5. The van der Waals surface area contributed by atoms with Crippen molar-refractivity contribution in [3.8, 4) is 0 Å². The van der Waals surface area contributed by atoms with Gasteiger partial charge in [0.15, 0.2) is 0 Å². The second-order valence-corrected chi connectivity index (χ2v) is 8.63. The third kappa shape index (κ3) is 4.76. The Morgan fingerprint density at radius 1 is 1.07 bits per heavy atom. The van der Waals surface area contributed by atoms with Crippen LogP contribution < -0.4 is 15.4 Å². The predicted molar refractivity (Wildman–Crippen MR) is 108 cm³/mol. The van der Waals surface area contributed by atoms with Gasteiger partial charge in [0.05, 0.1) is 4.90 Å². The molecule has 0 radical (unpaired) electrons. The molecule has 0 fully saturated rings. The van der Waals surface area contributed by atoms with Crippen LogP contribution in [0.15, 0.2) is 41.3 Å². The maximum absolute atomic E-state index is 12.3. The van der Waals surface area contributed by atoms with E-state index in [-0.39, 0.29) is 29.7 Å². The van der Waals surface area contributed by atoms with Crippen LogP contribution in [0.2, 0.25) is 0 Å². The number of rotatable bonds is 6.